The Morgan fingerprint density at radius 3 is 2.62 bits per heavy atom. The van der Waals surface area contributed by atoms with Crippen LogP contribution >= 0.6 is 11.6 Å². The number of halogens is 4. The minimum atomic E-state index is -4.38. The van der Waals surface area contributed by atoms with Crippen molar-refractivity contribution in [3.8, 4) is 11.3 Å². The molecule has 2 aromatic heterocycles. The van der Waals surface area contributed by atoms with Gasteiger partial charge in [-0.1, -0.05) is 11.6 Å². The molecule has 112 valence electrons. The van der Waals surface area contributed by atoms with Gasteiger partial charge < -0.3 is 0 Å². The van der Waals surface area contributed by atoms with Crippen LogP contribution in [0.15, 0.2) is 18.3 Å². The van der Waals surface area contributed by atoms with Crippen LogP contribution in [0.25, 0.3) is 11.3 Å². The van der Waals surface area contributed by atoms with Gasteiger partial charge in [-0.05, 0) is 26.0 Å². The highest BCUT2D eigenvalue weighted by molar-refractivity contribution is 6.29. The summed E-state index contributed by atoms with van der Waals surface area (Å²) in [5.41, 5.74) is 1.14. The zero-order valence-corrected chi connectivity index (χ0v) is 12.0. The molecular formula is C13H11ClF3N3O. The third-order valence-corrected chi connectivity index (χ3v) is 3.14. The summed E-state index contributed by atoms with van der Waals surface area (Å²) >= 11 is 5.81. The van der Waals surface area contributed by atoms with Crippen molar-refractivity contribution in [1.82, 2.24) is 14.8 Å². The Morgan fingerprint density at radius 1 is 1.38 bits per heavy atom. The van der Waals surface area contributed by atoms with Gasteiger partial charge >= 0.3 is 6.18 Å². The van der Waals surface area contributed by atoms with Crippen molar-refractivity contribution >= 4 is 17.4 Å². The lowest BCUT2D eigenvalue weighted by molar-refractivity contribution is -0.142. The number of rotatable bonds is 3. The summed E-state index contributed by atoms with van der Waals surface area (Å²) in [5, 5.41) is 3.86. The van der Waals surface area contributed by atoms with E-state index in [1.54, 1.807) is 0 Å². The molecule has 0 radical (unpaired) electrons. The first-order valence-corrected chi connectivity index (χ1v) is 6.34. The second kappa shape index (κ2) is 5.48. The van der Waals surface area contributed by atoms with Crippen molar-refractivity contribution in [2.24, 2.45) is 0 Å². The Bertz CT molecular complexity index is 694. The number of pyridine rings is 1. The summed E-state index contributed by atoms with van der Waals surface area (Å²) < 4.78 is 38.2. The fraction of sp³-hybridized carbons (Fsp3) is 0.308. The van der Waals surface area contributed by atoms with Crippen LogP contribution in [0.5, 0.6) is 0 Å². The number of ketones is 1. The highest BCUT2D eigenvalue weighted by Gasteiger charge is 2.30. The number of aromatic nitrogens is 3. The number of carbonyl (C=O) groups is 1. The fourth-order valence-electron chi connectivity index (χ4n) is 1.93. The molecule has 0 aromatic carbocycles. The molecule has 0 spiro atoms. The summed E-state index contributed by atoms with van der Waals surface area (Å²) in [6.45, 7) is 1.64. The lowest BCUT2D eigenvalue weighted by Gasteiger charge is -2.10. The smallest absolute Gasteiger partial charge is 0.294 e. The van der Waals surface area contributed by atoms with E-state index in [1.807, 2.05) is 0 Å². The van der Waals surface area contributed by atoms with Crippen LogP contribution in [0.2, 0.25) is 5.15 Å². The van der Waals surface area contributed by atoms with Gasteiger partial charge in [0.15, 0.2) is 5.78 Å². The van der Waals surface area contributed by atoms with Crippen LogP contribution in [0.1, 0.15) is 23.0 Å². The number of Topliss-reactive ketones (excluding diaryl/α,β-unsaturated/α-hetero) is 1. The molecule has 0 unspecified atom stereocenters. The average molecular weight is 318 g/mol. The summed E-state index contributed by atoms with van der Waals surface area (Å²) in [6.07, 6.45) is -3.12. The molecule has 0 bridgehead atoms. The van der Waals surface area contributed by atoms with Crippen LogP contribution < -0.4 is 0 Å². The molecule has 0 saturated carbocycles. The van der Waals surface area contributed by atoms with Gasteiger partial charge in [-0.2, -0.15) is 18.3 Å². The van der Waals surface area contributed by atoms with Crippen LogP contribution in [0.4, 0.5) is 13.2 Å². The highest BCUT2D eigenvalue weighted by Crippen LogP contribution is 2.28. The molecule has 21 heavy (non-hydrogen) atoms. The van der Waals surface area contributed by atoms with Gasteiger partial charge in [0.05, 0.1) is 11.9 Å². The first kappa shape index (κ1) is 15.5. The number of carbonyl (C=O) groups excluding carboxylic acids is 1. The Morgan fingerprint density at radius 2 is 2.05 bits per heavy atom. The van der Waals surface area contributed by atoms with Gasteiger partial charge in [0.25, 0.3) is 0 Å². The van der Waals surface area contributed by atoms with E-state index in [0.717, 1.165) is 4.68 Å². The molecule has 2 rings (SSSR count). The molecule has 0 aliphatic rings. The number of hydrogen-bond acceptors (Lipinski definition) is 3. The quantitative estimate of drug-likeness (QED) is 0.641. The number of nitrogens with zero attached hydrogens (tertiary/aromatic N) is 3. The van der Waals surface area contributed by atoms with Crippen LogP contribution in [-0.4, -0.2) is 26.7 Å². The molecule has 2 heterocycles. The molecule has 8 heteroatoms. The van der Waals surface area contributed by atoms with Crippen LogP contribution in [-0.2, 0) is 6.54 Å². The molecule has 0 aliphatic heterocycles. The first-order chi connectivity index (χ1) is 9.69. The Hall–Kier alpha value is -1.89. The van der Waals surface area contributed by atoms with E-state index in [4.69, 9.17) is 11.6 Å². The zero-order valence-electron chi connectivity index (χ0n) is 11.2. The van der Waals surface area contributed by atoms with E-state index in [1.165, 1.54) is 32.2 Å². The van der Waals surface area contributed by atoms with E-state index in [2.05, 4.69) is 10.1 Å². The molecule has 0 saturated heterocycles. The van der Waals surface area contributed by atoms with Gasteiger partial charge in [-0.15, -0.1) is 0 Å². The SMILES string of the molecule is CC(=O)c1ccc(Cl)nc1-c1cnn(CC(F)(F)F)c1C. The Balaban J connectivity index is 2.53. The monoisotopic (exact) mass is 317 g/mol. The second-order valence-electron chi connectivity index (χ2n) is 4.50. The minimum Gasteiger partial charge on any atom is -0.294 e. The molecule has 0 N–H and O–H groups in total. The van der Waals surface area contributed by atoms with Crippen molar-refractivity contribution in [3.63, 3.8) is 0 Å². The van der Waals surface area contributed by atoms with E-state index < -0.39 is 12.7 Å². The van der Waals surface area contributed by atoms with E-state index in [0.29, 0.717) is 5.56 Å². The summed E-state index contributed by atoms with van der Waals surface area (Å²) in [7, 11) is 0. The standard InChI is InChI=1S/C13H11ClF3N3O/c1-7-10(5-18-20(7)6-13(15,16)17)12-9(8(2)21)3-4-11(14)19-12/h3-5H,6H2,1-2H3. The summed E-state index contributed by atoms with van der Waals surface area (Å²) in [6, 6.07) is 2.95. The van der Waals surface area contributed by atoms with Crippen molar-refractivity contribution in [2.75, 3.05) is 0 Å². The number of hydrogen-bond donors (Lipinski definition) is 0. The van der Waals surface area contributed by atoms with Crippen molar-refractivity contribution < 1.29 is 18.0 Å². The van der Waals surface area contributed by atoms with E-state index >= 15 is 0 Å². The predicted molar refractivity (Wildman–Crippen MR) is 71.3 cm³/mol. The topological polar surface area (TPSA) is 47.8 Å². The fourth-order valence-corrected chi connectivity index (χ4v) is 2.08. The maximum atomic E-state index is 12.5. The molecule has 0 aliphatic carbocycles. The van der Waals surface area contributed by atoms with Gasteiger partial charge in [0.1, 0.15) is 11.7 Å². The first-order valence-electron chi connectivity index (χ1n) is 5.96. The molecule has 0 fully saturated rings. The molecule has 0 amide bonds. The third-order valence-electron chi connectivity index (χ3n) is 2.93. The third kappa shape index (κ3) is 3.41. The molecule has 0 atom stereocenters. The molecular weight excluding hydrogens is 307 g/mol. The average Bonchev–Trinajstić information content (AvgIpc) is 2.68. The van der Waals surface area contributed by atoms with Crippen molar-refractivity contribution in [3.05, 3.63) is 34.7 Å². The maximum Gasteiger partial charge on any atom is 0.408 e. The summed E-state index contributed by atoms with van der Waals surface area (Å²) in [5.74, 6) is -0.253. The van der Waals surface area contributed by atoms with Gasteiger partial charge in [-0.25, -0.2) is 4.98 Å². The largest absolute Gasteiger partial charge is 0.408 e. The Labute approximate surface area is 123 Å². The van der Waals surface area contributed by atoms with Gasteiger partial charge in [0, 0.05) is 16.8 Å². The Kier molecular flexibility index (Phi) is 4.04. The molecule has 4 nitrogen and oxygen atoms in total. The van der Waals surface area contributed by atoms with Crippen molar-refractivity contribution in [2.45, 2.75) is 26.6 Å². The lowest BCUT2D eigenvalue weighted by Crippen LogP contribution is -2.19. The van der Waals surface area contributed by atoms with Crippen molar-refractivity contribution in [1.29, 1.82) is 0 Å². The van der Waals surface area contributed by atoms with Crippen LogP contribution in [0, 0.1) is 6.92 Å². The highest BCUT2D eigenvalue weighted by atomic mass is 35.5. The maximum absolute atomic E-state index is 12.5. The lowest BCUT2D eigenvalue weighted by atomic mass is 10.0. The minimum absolute atomic E-state index is 0.151. The van der Waals surface area contributed by atoms with Gasteiger partial charge in [-0.3, -0.25) is 9.48 Å². The number of alkyl halides is 3. The van der Waals surface area contributed by atoms with E-state index in [-0.39, 0.29) is 27.9 Å². The van der Waals surface area contributed by atoms with Crippen LogP contribution in [0.3, 0.4) is 0 Å². The van der Waals surface area contributed by atoms with Gasteiger partial charge in [0.2, 0.25) is 0 Å². The predicted octanol–water partition coefficient (Wildman–Crippen LogP) is 3.67. The summed E-state index contributed by atoms with van der Waals surface area (Å²) in [4.78, 5) is 15.7. The normalized spacial score (nSPS) is 11.7. The second-order valence-corrected chi connectivity index (χ2v) is 4.89. The van der Waals surface area contributed by atoms with E-state index in [9.17, 15) is 18.0 Å². The zero-order chi connectivity index (χ0) is 15.8. The molecule has 2 aromatic rings.